The number of carboxylic acids is 1. The maximum Gasteiger partial charge on any atom is 0.327 e. The summed E-state index contributed by atoms with van der Waals surface area (Å²) < 4.78 is 0. The fourth-order valence-electron chi connectivity index (χ4n) is 4.02. The van der Waals surface area contributed by atoms with Gasteiger partial charge in [-0.1, -0.05) is 25.1 Å². The molecule has 8 heteroatoms. The van der Waals surface area contributed by atoms with E-state index in [1.807, 2.05) is 37.3 Å². The molecule has 1 saturated heterocycles. The number of likely N-dealkylation sites (tertiary alicyclic amines) is 1. The number of anilines is 1. The molecule has 3 heterocycles. The number of nitrogens with two attached hydrogens (primary N) is 1. The largest absolute Gasteiger partial charge is 0.480 e. The van der Waals surface area contributed by atoms with Crippen LogP contribution in [0.25, 0.3) is 10.9 Å². The lowest BCUT2D eigenvalue weighted by Gasteiger charge is -2.43. The lowest BCUT2D eigenvalue weighted by Crippen LogP contribution is -2.66. The number of fused-ring (bicyclic) bond motifs is 1. The first-order chi connectivity index (χ1) is 14.8. The minimum Gasteiger partial charge on any atom is -0.480 e. The first-order valence-electron chi connectivity index (χ1n) is 9.99. The van der Waals surface area contributed by atoms with E-state index in [0.29, 0.717) is 11.4 Å². The molecule has 0 radical (unpaired) electrons. The van der Waals surface area contributed by atoms with Gasteiger partial charge in [-0.05, 0) is 47.7 Å². The predicted molar refractivity (Wildman–Crippen MR) is 114 cm³/mol. The summed E-state index contributed by atoms with van der Waals surface area (Å²) in [5.41, 5.74) is 8.08. The van der Waals surface area contributed by atoms with Crippen LogP contribution >= 0.6 is 0 Å². The van der Waals surface area contributed by atoms with E-state index in [9.17, 15) is 19.5 Å². The van der Waals surface area contributed by atoms with Gasteiger partial charge in [0.2, 0.25) is 11.8 Å². The van der Waals surface area contributed by atoms with Gasteiger partial charge in [0.15, 0.2) is 0 Å². The molecule has 0 spiro atoms. The number of benzene rings is 1. The molecular formula is C23H22N4O4. The van der Waals surface area contributed by atoms with Gasteiger partial charge in [0.05, 0.1) is 11.4 Å². The minimum absolute atomic E-state index is 0.0183. The maximum absolute atomic E-state index is 12.8. The van der Waals surface area contributed by atoms with Crippen molar-refractivity contribution in [3.63, 3.8) is 0 Å². The molecule has 0 saturated carbocycles. The van der Waals surface area contributed by atoms with E-state index in [1.54, 1.807) is 18.3 Å². The molecule has 1 unspecified atom stereocenters. The Labute approximate surface area is 178 Å². The monoisotopic (exact) mass is 418 g/mol. The number of pyridine rings is 2. The van der Waals surface area contributed by atoms with Gasteiger partial charge in [-0.25, -0.2) is 9.78 Å². The van der Waals surface area contributed by atoms with Crippen molar-refractivity contribution in [3.05, 3.63) is 66.0 Å². The van der Waals surface area contributed by atoms with E-state index < -0.39 is 29.7 Å². The Morgan fingerprint density at radius 3 is 2.71 bits per heavy atom. The number of β-lactam (4-membered cyclic amide) rings is 1. The highest BCUT2D eigenvalue weighted by molar-refractivity contribution is 6.08. The van der Waals surface area contributed by atoms with Crippen LogP contribution in [0.1, 0.15) is 30.4 Å². The molecule has 1 fully saturated rings. The van der Waals surface area contributed by atoms with Gasteiger partial charge in [-0.15, -0.1) is 0 Å². The zero-order chi connectivity index (χ0) is 22.1. The number of hydrogen-bond donors (Lipinski definition) is 2. The number of amides is 2. The van der Waals surface area contributed by atoms with E-state index >= 15 is 0 Å². The Bertz CT molecular complexity index is 1180. The smallest absolute Gasteiger partial charge is 0.327 e. The lowest BCUT2D eigenvalue weighted by molar-refractivity contribution is -0.177. The van der Waals surface area contributed by atoms with Crippen LogP contribution in [0.15, 0.2) is 54.9 Å². The molecule has 1 aromatic carbocycles. The minimum atomic E-state index is -1.19. The third-order valence-corrected chi connectivity index (χ3v) is 5.70. The van der Waals surface area contributed by atoms with Crippen molar-refractivity contribution in [1.82, 2.24) is 14.9 Å². The Kier molecular flexibility index (Phi) is 5.37. The van der Waals surface area contributed by atoms with Crippen molar-refractivity contribution in [1.29, 1.82) is 0 Å². The predicted octanol–water partition coefficient (Wildman–Crippen LogP) is 2.39. The number of para-hydroxylation sites is 1. The second-order valence-corrected chi connectivity index (χ2v) is 7.85. The standard InChI is InChI=1S/C23H22N4O4/c1-13(16-11-15-4-2-3-5-18(15)26-12-16)8-20(28)27-21(23(30)31)17(22(27)29)9-14-6-7-25-19(24)10-14/h2-7,10-13,17,21H,8-9H2,1H3,(H2,24,25)(H,30,31)/t13?,17-,21+/m1/s1. The second kappa shape index (κ2) is 8.14. The summed E-state index contributed by atoms with van der Waals surface area (Å²) in [6.45, 7) is 1.86. The number of imide groups is 1. The number of aromatic nitrogens is 2. The van der Waals surface area contributed by atoms with Gasteiger partial charge in [-0.2, -0.15) is 0 Å². The molecular weight excluding hydrogens is 396 g/mol. The fraction of sp³-hybridized carbons (Fsp3) is 0.261. The van der Waals surface area contributed by atoms with Gasteiger partial charge >= 0.3 is 5.97 Å². The molecule has 0 bridgehead atoms. The van der Waals surface area contributed by atoms with E-state index in [1.165, 1.54) is 6.20 Å². The summed E-state index contributed by atoms with van der Waals surface area (Å²) in [6, 6.07) is 11.7. The third kappa shape index (κ3) is 3.96. The molecule has 1 aliphatic heterocycles. The van der Waals surface area contributed by atoms with E-state index in [0.717, 1.165) is 21.4 Å². The van der Waals surface area contributed by atoms with Gasteiger partial charge in [0, 0.05) is 24.2 Å². The summed E-state index contributed by atoms with van der Waals surface area (Å²) in [4.78, 5) is 46.5. The zero-order valence-corrected chi connectivity index (χ0v) is 16.9. The number of carboxylic acid groups (broad SMARTS) is 1. The molecule has 1 aliphatic rings. The zero-order valence-electron chi connectivity index (χ0n) is 16.9. The molecule has 8 nitrogen and oxygen atoms in total. The number of carbonyl (C=O) groups is 3. The molecule has 2 amide bonds. The first-order valence-corrected chi connectivity index (χ1v) is 9.99. The van der Waals surface area contributed by atoms with Crippen molar-refractivity contribution in [2.75, 3.05) is 5.73 Å². The Morgan fingerprint density at radius 1 is 1.19 bits per heavy atom. The lowest BCUT2D eigenvalue weighted by atomic mass is 9.81. The van der Waals surface area contributed by atoms with Gasteiger partial charge in [-0.3, -0.25) is 19.5 Å². The van der Waals surface area contributed by atoms with Crippen LogP contribution in [-0.4, -0.2) is 43.8 Å². The van der Waals surface area contributed by atoms with Crippen LogP contribution in [0.4, 0.5) is 5.82 Å². The van der Waals surface area contributed by atoms with Crippen LogP contribution in [0, 0.1) is 5.92 Å². The van der Waals surface area contributed by atoms with Gasteiger partial charge < -0.3 is 10.8 Å². The molecule has 4 rings (SSSR count). The highest BCUT2D eigenvalue weighted by atomic mass is 16.4. The van der Waals surface area contributed by atoms with Gasteiger partial charge in [0.25, 0.3) is 0 Å². The fourth-order valence-corrected chi connectivity index (χ4v) is 4.02. The molecule has 3 N–H and O–H groups in total. The van der Waals surface area contributed by atoms with E-state index in [2.05, 4.69) is 9.97 Å². The van der Waals surface area contributed by atoms with E-state index in [4.69, 9.17) is 5.73 Å². The van der Waals surface area contributed by atoms with Gasteiger partial charge in [0.1, 0.15) is 11.9 Å². The third-order valence-electron chi connectivity index (χ3n) is 5.70. The van der Waals surface area contributed by atoms with Crippen LogP contribution in [-0.2, 0) is 20.8 Å². The number of rotatable bonds is 6. The molecule has 158 valence electrons. The summed E-state index contributed by atoms with van der Waals surface area (Å²) in [7, 11) is 0. The summed E-state index contributed by atoms with van der Waals surface area (Å²) in [6.07, 6.45) is 3.43. The molecule has 0 aliphatic carbocycles. The molecule has 3 aromatic rings. The number of nitrogen functional groups attached to an aromatic ring is 1. The quantitative estimate of drug-likeness (QED) is 0.589. The Morgan fingerprint density at radius 2 is 1.97 bits per heavy atom. The SMILES string of the molecule is CC(CC(=O)N1C(=O)[C@H](Cc2ccnc(N)c2)[C@H]1C(=O)O)c1cnc2ccccc2c1. The number of aliphatic carboxylic acids is 1. The van der Waals surface area contributed by atoms with Crippen molar-refractivity contribution < 1.29 is 19.5 Å². The van der Waals surface area contributed by atoms with E-state index in [-0.39, 0.29) is 18.8 Å². The number of nitrogens with zero attached hydrogens (tertiary/aromatic N) is 3. The van der Waals surface area contributed by atoms with Crippen molar-refractivity contribution >= 4 is 34.5 Å². The summed E-state index contributed by atoms with van der Waals surface area (Å²) >= 11 is 0. The van der Waals surface area contributed by atoms with Crippen LogP contribution in [0.2, 0.25) is 0 Å². The molecule has 31 heavy (non-hydrogen) atoms. The summed E-state index contributed by atoms with van der Waals surface area (Å²) in [5.74, 6) is -2.89. The Balaban J connectivity index is 1.48. The highest BCUT2D eigenvalue weighted by Crippen LogP contribution is 2.33. The average molecular weight is 418 g/mol. The molecule has 2 aromatic heterocycles. The normalized spacial score (nSPS) is 19.1. The van der Waals surface area contributed by atoms with Crippen molar-refractivity contribution in [3.8, 4) is 0 Å². The topological polar surface area (TPSA) is 126 Å². The highest BCUT2D eigenvalue weighted by Gasteiger charge is 2.54. The van der Waals surface area contributed by atoms with Crippen LogP contribution in [0.5, 0.6) is 0 Å². The second-order valence-electron chi connectivity index (χ2n) is 7.85. The summed E-state index contributed by atoms with van der Waals surface area (Å²) in [5, 5.41) is 10.6. The van der Waals surface area contributed by atoms with Crippen molar-refractivity contribution in [2.24, 2.45) is 5.92 Å². The van der Waals surface area contributed by atoms with Crippen LogP contribution in [0.3, 0.4) is 0 Å². The maximum atomic E-state index is 12.8. The number of hydrogen-bond acceptors (Lipinski definition) is 6. The molecule has 3 atom stereocenters. The van der Waals surface area contributed by atoms with Crippen LogP contribution < -0.4 is 5.73 Å². The Hall–Kier alpha value is -3.81. The van der Waals surface area contributed by atoms with Crippen molar-refractivity contribution in [2.45, 2.75) is 31.7 Å². The number of carbonyl (C=O) groups excluding carboxylic acids is 2. The first kappa shape index (κ1) is 20.5. The average Bonchev–Trinajstić information content (AvgIpc) is 2.74.